The van der Waals surface area contributed by atoms with E-state index in [1.54, 1.807) is 0 Å². The molecule has 2 unspecified atom stereocenters. The molecule has 0 aliphatic rings. The van der Waals surface area contributed by atoms with Crippen LogP contribution in [0.5, 0.6) is 0 Å². The maximum absolute atomic E-state index is 12.6. The molecule has 2 atom stereocenters. The number of carbonyl (C=O) groups excluding carboxylic acids is 2. The molecule has 1 amide bonds. The SMILES string of the molecule is CCCCCCCC/C=C\CCCCCCCC(=O)OCCCCCCCCCCC/C=C\C/C=C\CCCCCCCCCCCCCC(=O)NC(CO)C(O)CCCCCCCCCCCCCCCCCCCCCCCC. The highest BCUT2D eigenvalue weighted by atomic mass is 16.5. The van der Waals surface area contributed by atoms with E-state index in [-0.39, 0.29) is 18.5 Å². The van der Waals surface area contributed by atoms with E-state index < -0.39 is 12.1 Å². The maximum atomic E-state index is 12.6. The number of nitrogens with one attached hydrogen (secondary N) is 1. The van der Waals surface area contributed by atoms with E-state index in [1.807, 2.05) is 0 Å². The Morgan fingerprint density at radius 1 is 0.346 bits per heavy atom. The van der Waals surface area contributed by atoms with Crippen molar-refractivity contribution in [3.8, 4) is 0 Å². The molecule has 478 valence electrons. The molecule has 0 radical (unpaired) electrons. The molecular weight excluding hydrogens is 995 g/mol. The average Bonchev–Trinajstić information content (AvgIpc) is 3.47. The van der Waals surface area contributed by atoms with Crippen LogP contribution in [0.2, 0.25) is 0 Å². The van der Waals surface area contributed by atoms with Crippen molar-refractivity contribution in [2.24, 2.45) is 0 Å². The molecule has 0 aromatic carbocycles. The van der Waals surface area contributed by atoms with Crippen LogP contribution < -0.4 is 5.32 Å². The van der Waals surface area contributed by atoms with Gasteiger partial charge in [-0.25, -0.2) is 0 Å². The average molecular weight is 1140 g/mol. The van der Waals surface area contributed by atoms with Crippen molar-refractivity contribution in [2.45, 2.75) is 418 Å². The van der Waals surface area contributed by atoms with Gasteiger partial charge in [0.1, 0.15) is 0 Å². The standard InChI is InChI=1S/C75H143NO5/c1-3-5-7-9-11-13-15-17-19-20-21-22-30-33-36-40-43-47-51-55-59-63-67-73(78)72(71-77)76-74(79)68-64-60-56-52-48-44-41-37-34-31-28-26-24-23-25-27-29-32-35-38-42-46-50-54-58-62-66-70-81-75(80)69-65-61-57-53-49-45-39-18-16-14-12-10-8-6-4-2/h18,23-24,27,29,39,72-73,77-78H,3-17,19-22,25-26,28,30-38,40-71H2,1-2H3,(H,76,79)/b24-23-,29-27-,39-18-. The summed E-state index contributed by atoms with van der Waals surface area (Å²) in [5.74, 6) is -0.0306. The molecule has 0 aliphatic heterocycles. The Balaban J connectivity index is 3.42. The summed E-state index contributed by atoms with van der Waals surface area (Å²) in [6, 6.07) is -0.546. The number of aliphatic hydroxyl groups is 2. The molecule has 0 aromatic heterocycles. The Labute approximate surface area is 506 Å². The van der Waals surface area contributed by atoms with Crippen molar-refractivity contribution in [3.63, 3.8) is 0 Å². The van der Waals surface area contributed by atoms with Gasteiger partial charge >= 0.3 is 5.97 Å². The smallest absolute Gasteiger partial charge is 0.305 e. The van der Waals surface area contributed by atoms with Gasteiger partial charge in [-0.3, -0.25) is 9.59 Å². The van der Waals surface area contributed by atoms with Gasteiger partial charge in [-0.1, -0.05) is 346 Å². The Morgan fingerprint density at radius 3 is 0.951 bits per heavy atom. The number of unbranched alkanes of at least 4 members (excludes halogenated alkanes) is 52. The molecule has 0 fully saturated rings. The maximum Gasteiger partial charge on any atom is 0.305 e. The second-order valence-corrected chi connectivity index (χ2v) is 25.3. The normalized spacial score (nSPS) is 12.7. The lowest BCUT2D eigenvalue weighted by atomic mass is 10.0. The number of rotatable bonds is 69. The van der Waals surface area contributed by atoms with Gasteiger partial charge in [-0.2, -0.15) is 0 Å². The molecule has 0 aromatic rings. The summed E-state index contributed by atoms with van der Waals surface area (Å²) in [7, 11) is 0. The summed E-state index contributed by atoms with van der Waals surface area (Å²) in [6.07, 6.45) is 90.6. The third-order valence-corrected chi connectivity index (χ3v) is 17.2. The van der Waals surface area contributed by atoms with Crippen LogP contribution in [-0.2, 0) is 14.3 Å². The van der Waals surface area contributed by atoms with E-state index in [9.17, 15) is 19.8 Å². The van der Waals surface area contributed by atoms with E-state index in [0.29, 0.717) is 25.9 Å². The van der Waals surface area contributed by atoms with Crippen LogP contribution in [-0.4, -0.2) is 47.4 Å². The number of carbonyl (C=O) groups is 2. The highest BCUT2D eigenvalue weighted by Gasteiger charge is 2.20. The predicted octanol–water partition coefficient (Wildman–Crippen LogP) is 23.9. The Hall–Kier alpha value is -1.92. The number of hydrogen-bond donors (Lipinski definition) is 3. The van der Waals surface area contributed by atoms with Gasteiger partial charge in [0.05, 0.1) is 25.4 Å². The molecule has 6 heteroatoms. The van der Waals surface area contributed by atoms with Crippen molar-refractivity contribution in [1.29, 1.82) is 0 Å². The fraction of sp³-hybridized carbons (Fsp3) is 0.893. The molecule has 0 spiro atoms. The molecule has 3 N–H and O–H groups in total. The molecule has 0 bridgehead atoms. The lowest BCUT2D eigenvalue weighted by Gasteiger charge is -2.22. The first-order chi connectivity index (χ1) is 40.0. The van der Waals surface area contributed by atoms with Crippen molar-refractivity contribution >= 4 is 11.9 Å². The van der Waals surface area contributed by atoms with E-state index in [0.717, 1.165) is 51.4 Å². The second-order valence-electron chi connectivity index (χ2n) is 25.3. The van der Waals surface area contributed by atoms with E-state index in [4.69, 9.17) is 4.74 Å². The fourth-order valence-electron chi connectivity index (χ4n) is 11.6. The Kier molecular flexibility index (Phi) is 68.9. The van der Waals surface area contributed by atoms with Gasteiger partial charge in [0.25, 0.3) is 0 Å². The quantitative estimate of drug-likeness (QED) is 0.0320. The zero-order valence-corrected chi connectivity index (χ0v) is 54.8. The Bertz CT molecular complexity index is 1310. The molecule has 0 rings (SSSR count). The van der Waals surface area contributed by atoms with E-state index in [2.05, 4.69) is 55.6 Å². The highest BCUT2D eigenvalue weighted by Crippen LogP contribution is 2.19. The van der Waals surface area contributed by atoms with Crippen LogP contribution in [0.25, 0.3) is 0 Å². The van der Waals surface area contributed by atoms with Gasteiger partial charge in [0.15, 0.2) is 0 Å². The zero-order valence-electron chi connectivity index (χ0n) is 54.8. The van der Waals surface area contributed by atoms with Crippen LogP contribution in [0.4, 0.5) is 0 Å². The van der Waals surface area contributed by atoms with Crippen LogP contribution in [0.3, 0.4) is 0 Å². The van der Waals surface area contributed by atoms with Gasteiger partial charge < -0.3 is 20.3 Å². The van der Waals surface area contributed by atoms with Crippen molar-refractivity contribution in [1.82, 2.24) is 5.32 Å². The Morgan fingerprint density at radius 2 is 0.617 bits per heavy atom. The summed E-state index contributed by atoms with van der Waals surface area (Å²) < 4.78 is 5.49. The minimum Gasteiger partial charge on any atom is -0.466 e. The number of allylic oxidation sites excluding steroid dienone is 6. The first-order valence-corrected chi connectivity index (χ1v) is 36.7. The minimum absolute atomic E-state index is 0.00335. The number of ether oxygens (including phenoxy) is 1. The van der Waals surface area contributed by atoms with Crippen molar-refractivity contribution in [3.05, 3.63) is 36.5 Å². The summed E-state index contributed by atoms with van der Waals surface area (Å²) in [6.45, 7) is 4.98. The molecule has 6 nitrogen and oxygen atoms in total. The molecule has 0 heterocycles. The lowest BCUT2D eigenvalue weighted by molar-refractivity contribution is -0.143. The van der Waals surface area contributed by atoms with Crippen LogP contribution in [0.15, 0.2) is 36.5 Å². The number of hydrogen-bond acceptors (Lipinski definition) is 5. The van der Waals surface area contributed by atoms with Gasteiger partial charge in [-0.05, 0) is 83.5 Å². The molecule has 0 saturated carbocycles. The monoisotopic (exact) mass is 1140 g/mol. The summed E-state index contributed by atoms with van der Waals surface area (Å²) in [5, 5.41) is 23.4. The molecule has 0 aliphatic carbocycles. The van der Waals surface area contributed by atoms with Crippen molar-refractivity contribution in [2.75, 3.05) is 13.2 Å². The third kappa shape index (κ3) is 67.1. The van der Waals surface area contributed by atoms with Crippen LogP contribution >= 0.6 is 0 Å². The van der Waals surface area contributed by atoms with E-state index >= 15 is 0 Å². The molecular formula is C75H143NO5. The second kappa shape index (κ2) is 70.6. The first kappa shape index (κ1) is 79.1. The molecule has 0 saturated heterocycles. The fourth-order valence-corrected chi connectivity index (χ4v) is 11.6. The van der Waals surface area contributed by atoms with Crippen LogP contribution in [0, 0.1) is 0 Å². The predicted molar refractivity (Wildman–Crippen MR) is 356 cm³/mol. The highest BCUT2D eigenvalue weighted by molar-refractivity contribution is 5.76. The summed E-state index contributed by atoms with van der Waals surface area (Å²) in [4.78, 5) is 24.6. The summed E-state index contributed by atoms with van der Waals surface area (Å²) >= 11 is 0. The minimum atomic E-state index is -0.668. The van der Waals surface area contributed by atoms with Gasteiger partial charge in [-0.15, -0.1) is 0 Å². The van der Waals surface area contributed by atoms with E-state index in [1.165, 1.54) is 321 Å². The number of aliphatic hydroxyl groups excluding tert-OH is 2. The topological polar surface area (TPSA) is 95.9 Å². The molecule has 81 heavy (non-hydrogen) atoms. The first-order valence-electron chi connectivity index (χ1n) is 36.7. The number of amides is 1. The largest absolute Gasteiger partial charge is 0.466 e. The lowest BCUT2D eigenvalue weighted by Crippen LogP contribution is -2.45. The van der Waals surface area contributed by atoms with Gasteiger partial charge in [0.2, 0.25) is 5.91 Å². The van der Waals surface area contributed by atoms with Crippen LogP contribution in [0.1, 0.15) is 406 Å². The van der Waals surface area contributed by atoms with Crippen molar-refractivity contribution < 1.29 is 24.5 Å². The number of esters is 1. The zero-order chi connectivity index (χ0) is 58.5. The summed E-state index contributed by atoms with van der Waals surface area (Å²) in [5.41, 5.74) is 0. The third-order valence-electron chi connectivity index (χ3n) is 17.2. The van der Waals surface area contributed by atoms with Gasteiger partial charge in [0, 0.05) is 12.8 Å².